The third-order valence-corrected chi connectivity index (χ3v) is 4.39. The molecule has 27 heavy (non-hydrogen) atoms. The fourth-order valence-corrected chi connectivity index (χ4v) is 3.25. The summed E-state index contributed by atoms with van der Waals surface area (Å²) < 4.78 is 46.6. The number of pyridine rings is 1. The van der Waals surface area contributed by atoms with Gasteiger partial charge >= 0.3 is 11.9 Å². The summed E-state index contributed by atoms with van der Waals surface area (Å²) in [5, 5.41) is 3.88. The van der Waals surface area contributed by atoms with Gasteiger partial charge in [0.05, 0.1) is 27.9 Å². The van der Waals surface area contributed by atoms with Gasteiger partial charge in [0, 0.05) is 18.6 Å². The van der Waals surface area contributed by atoms with E-state index in [-0.39, 0.29) is 16.4 Å². The van der Waals surface area contributed by atoms with E-state index < -0.39 is 23.2 Å². The SMILES string of the molecule is CNc1nc(=O)n(-c2cccnc2C(F)(F)F)c2cc(Cl)c3ccoc3c12. The van der Waals surface area contributed by atoms with Crippen molar-refractivity contribution in [3.05, 3.63) is 57.9 Å². The van der Waals surface area contributed by atoms with Crippen LogP contribution in [0.3, 0.4) is 0 Å². The molecule has 0 saturated carbocycles. The molecule has 6 nitrogen and oxygen atoms in total. The van der Waals surface area contributed by atoms with Crippen molar-refractivity contribution in [3.8, 4) is 5.69 Å². The first-order chi connectivity index (χ1) is 12.8. The molecule has 1 aromatic carbocycles. The number of furan rings is 1. The molecule has 3 aromatic heterocycles. The van der Waals surface area contributed by atoms with Crippen LogP contribution < -0.4 is 11.0 Å². The van der Waals surface area contributed by atoms with Gasteiger partial charge in [0.15, 0.2) is 5.69 Å². The van der Waals surface area contributed by atoms with Crippen molar-refractivity contribution >= 4 is 39.3 Å². The number of hydrogen-bond acceptors (Lipinski definition) is 5. The van der Waals surface area contributed by atoms with E-state index in [0.29, 0.717) is 16.4 Å². The quantitative estimate of drug-likeness (QED) is 0.550. The lowest BCUT2D eigenvalue weighted by atomic mass is 10.1. The van der Waals surface area contributed by atoms with Crippen molar-refractivity contribution in [2.24, 2.45) is 0 Å². The molecule has 4 aromatic rings. The Kier molecular flexibility index (Phi) is 3.84. The molecule has 138 valence electrons. The van der Waals surface area contributed by atoms with Crippen molar-refractivity contribution in [3.63, 3.8) is 0 Å². The van der Waals surface area contributed by atoms with E-state index in [1.54, 1.807) is 13.1 Å². The summed E-state index contributed by atoms with van der Waals surface area (Å²) in [4.78, 5) is 19.9. The highest BCUT2D eigenvalue weighted by molar-refractivity contribution is 6.37. The highest BCUT2D eigenvalue weighted by atomic mass is 35.5. The van der Waals surface area contributed by atoms with E-state index in [9.17, 15) is 18.0 Å². The number of anilines is 1. The average molecular weight is 395 g/mol. The Morgan fingerprint density at radius 1 is 1.30 bits per heavy atom. The minimum atomic E-state index is -4.76. The molecule has 1 N–H and O–H groups in total. The molecule has 10 heteroatoms. The van der Waals surface area contributed by atoms with Crippen LogP contribution in [-0.4, -0.2) is 21.6 Å². The largest absolute Gasteiger partial charge is 0.463 e. The molecule has 0 radical (unpaired) electrons. The second kappa shape index (κ2) is 5.98. The highest BCUT2D eigenvalue weighted by Gasteiger charge is 2.36. The summed E-state index contributed by atoms with van der Waals surface area (Å²) in [6, 6.07) is 5.49. The van der Waals surface area contributed by atoms with Crippen LogP contribution in [0.4, 0.5) is 19.0 Å². The normalized spacial score (nSPS) is 12.0. The van der Waals surface area contributed by atoms with Crippen LogP contribution in [0.25, 0.3) is 27.6 Å². The Balaban J connectivity index is 2.23. The molecule has 0 unspecified atom stereocenters. The lowest BCUT2D eigenvalue weighted by molar-refractivity contribution is -0.141. The fraction of sp³-hybridized carbons (Fsp3) is 0.118. The first-order valence-electron chi connectivity index (χ1n) is 7.65. The smallest absolute Gasteiger partial charge is 0.435 e. The third-order valence-electron chi connectivity index (χ3n) is 4.08. The standard InChI is InChI=1S/C17H10ClF3N4O2/c1-22-15-12-11(7-9(18)8-4-6-27-13(8)12)25(16(26)24-15)10-3-2-5-23-14(10)17(19,20)21/h2-7H,1H3,(H,22,24,26). The molecule has 0 aliphatic heterocycles. The average Bonchev–Trinajstić information content (AvgIpc) is 3.10. The Morgan fingerprint density at radius 3 is 2.78 bits per heavy atom. The van der Waals surface area contributed by atoms with Crippen LogP contribution >= 0.6 is 11.6 Å². The van der Waals surface area contributed by atoms with Crippen molar-refractivity contribution in [1.29, 1.82) is 0 Å². The summed E-state index contributed by atoms with van der Waals surface area (Å²) in [5.41, 5.74) is -2.14. The number of nitrogens with one attached hydrogen (secondary N) is 1. The number of alkyl halides is 3. The topological polar surface area (TPSA) is 73.0 Å². The molecule has 0 fully saturated rings. The van der Waals surface area contributed by atoms with E-state index in [4.69, 9.17) is 16.0 Å². The monoisotopic (exact) mass is 394 g/mol. The maximum absolute atomic E-state index is 13.4. The van der Waals surface area contributed by atoms with Gasteiger partial charge in [-0.15, -0.1) is 0 Å². The molecule has 3 heterocycles. The van der Waals surface area contributed by atoms with Crippen LogP contribution in [0.5, 0.6) is 0 Å². The molecule has 0 aliphatic carbocycles. The van der Waals surface area contributed by atoms with Gasteiger partial charge in [-0.25, -0.2) is 9.78 Å². The van der Waals surface area contributed by atoms with E-state index in [2.05, 4.69) is 15.3 Å². The van der Waals surface area contributed by atoms with Crippen LogP contribution in [0.1, 0.15) is 5.69 Å². The van der Waals surface area contributed by atoms with Gasteiger partial charge in [0.2, 0.25) is 0 Å². The van der Waals surface area contributed by atoms with E-state index in [1.807, 2.05) is 0 Å². The number of nitrogens with zero attached hydrogens (tertiary/aromatic N) is 3. The highest BCUT2D eigenvalue weighted by Crippen LogP contribution is 2.37. The van der Waals surface area contributed by atoms with Crippen LogP contribution in [0.15, 0.2) is 45.9 Å². The molecular weight excluding hydrogens is 385 g/mol. The molecule has 0 bridgehead atoms. The number of halogens is 4. The zero-order valence-corrected chi connectivity index (χ0v) is 14.4. The van der Waals surface area contributed by atoms with E-state index in [0.717, 1.165) is 16.8 Å². The Morgan fingerprint density at radius 2 is 2.07 bits per heavy atom. The molecule has 0 amide bonds. The van der Waals surface area contributed by atoms with Crippen LogP contribution in [0.2, 0.25) is 5.02 Å². The van der Waals surface area contributed by atoms with Gasteiger partial charge in [-0.1, -0.05) is 11.6 Å². The van der Waals surface area contributed by atoms with Crippen LogP contribution in [0, 0.1) is 0 Å². The van der Waals surface area contributed by atoms with Gasteiger partial charge in [-0.3, -0.25) is 4.57 Å². The molecule has 0 saturated heterocycles. The second-order valence-electron chi connectivity index (χ2n) is 5.61. The van der Waals surface area contributed by atoms with Crippen LogP contribution in [-0.2, 0) is 6.18 Å². The van der Waals surface area contributed by atoms with Crippen molar-refractivity contribution in [2.45, 2.75) is 6.18 Å². The minimum Gasteiger partial charge on any atom is -0.463 e. The van der Waals surface area contributed by atoms with Gasteiger partial charge in [0.25, 0.3) is 0 Å². The predicted octanol–water partition coefficient (Wildman–Crippen LogP) is 4.24. The maximum Gasteiger partial charge on any atom is 0.435 e. The molecule has 0 spiro atoms. The van der Waals surface area contributed by atoms with E-state index >= 15 is 0 Å². The van der Waals surface area contributed by atoms with Gasteiger partial charge in [-0.2, -0.15) is 18.2 Å². The molecule has 0 atom stereocenters. The number of hydrogen-bond donors (Lipinski definition) is 1. The Hall–Kier alpha value is -3.07. The van der Waals surface area contributed by atoms with Gasteiger partial charge in [0.1, 0.15) is 11.4 Å². The third kappa shape index (κ3) is 2.62. The van der Waals surface area contributed by atoms with Gasteiger partial charge in [-0.05, 0) is 24.3 Å². The summed E-state index contributed by atoms with van der Waals surface area (Å²) in [6.07, 6.45) is -2.36. The Bertz CT molecular complexity index is 1250. The maximum atomic E-state index is 13.4. The molecule has 4 rings (SSSR count). The lowest BCUT2D eigenvalue weighted by Crippen LogP contribution is -2.26. The zero-order valence-electron chi connectivity index (χ0n) is 13.6. The summed E-state index contributed by atoms with van der Waals surface area (Å²) >= 11 is 6.26. The summed E-state index contributed by atoms with van der Waals surface area (Å²) in [7, 11) is 1.54. The second-order valence-corrected chi connectivity index (χ2v) is 6.02. The van der Waals surface area contributed by atoms with Gasteiger partial charge < -0.3 is 9.73 Å². The van der Waals surface area contributed by atoms with Crippen molar-refractivity contribution in [2.75, 3.05) is 12.4 Å². The summed E-state index contributed by atoms with van der Waals surface area (Å²) in [6.45, 7) is 0. The fourth-order valence-electron chi connectivity index (χ4n) is 3.00. The number of fused-ring (bicyclic) bond motifs is 3. The lowest BCUT2D eigenvalue weighted by Gasteiger charge is -2.16. The molecule has 0 aliphatic rings. The zero-order chi connectivity index (χ0) is 19.3. The molecular formula is C17H10ClF3N4O2. The van der Waals surface area contributed by atoms with Crippen molar-refractivity contribution in [1.82, 2.24) is 14.5 Å². The Labute approximate surface area is 154 Å². The first kappa shape index (κ1) is 17.3. The minimum absolute atomic E-state index is 0.116. The summed E-state index contributed by atoms with van der Waals surface area (Å²) in [5.74, 6) is 0.167. The first-order valence-corrected chi connectivity index (χ1v) is 8.03. The number of aromatic nitrogens is 3. The number of rotatable bonds is 2. The number of benzene rings is 1. The predicted molar refractivity (Wildman–Crippen MR) is 94.5 cm³/mol. The van der Waals surface area contributed by atoms with Crippen molar-refractivity contribution < 1.29 is 17.6 Å². The van der Waals surface area contributed by atoms with E-state index in [1.165, 1.54) is 18.4 Å².